The molecule has 3 heteroatoms. The maximum atomic E-state index is 14.5. The van der Waals surface area contributed by atoms with Crippen molar-refractivity contribution in [3.05, 3.63) is 29.6 Å². The summed E-state index contributed by atoms with van der Waals surface area (Å²) in [5.41, 5.74) is 1.90. The van der Waals surface area contributed by atoms with Crippen LogP contribution in [0.15, 0.2) is 18.2 Å². The van der Waals surface area contributed by atoms with Gasteiger partial charge in [-0.15, -0.1) is 0 Å². The third-order valence-corrected chi connectivity index (χ3v) is 4.39. The van der Waals surface area contributed by atoms with Crippen LogP contribution in [-0.4, -0.2) is 19.1 Å². The summed E-state index contributed by atoms with van der Waals surface area (Å²) < 4.78 is 14.5. The molecule has 0 radical (unpaired) electrons. The number of anilines is 1. The molecule has 0 aliphatic heterocycles. The Morgan fingerprint density at radius 2 is 2.00 bits per heavy atom. The summed E-state index contributed by atoms with van der Waals surface area (Å²) in [5, 5.41) is 3.41. The number of para-hydroxylation sites is 1. The highest BCUT2D eigenvalue weighted by molar-refractivity contribution is 5.57. The fourth-order valence-corrected chi connectivity index (χ4v) is 3.42. The largest absolute Gasteiger partial charge is 0.366 e. The van der Waals surface area contributed by atoms with Gasteiger partial charge in [-0.1, -0.05) is 31.9 Å². The second-order valence-electron chi connectivity index (χ2n) is 5.68. The van der Waals surface area contributed by atoms with E-state index >= 15 is 0 Å². The Balaban J connectivity index is 2.36. The topological polar surface area (TPSA) is 15.3 Å². The fraction of sp³-hybridized carbons (Fsp3) is 0.647. The smallest absolute Gasteiger partial charge is 0.146 e. The van der Waals surface area contributed by atoms with Crippen molar-refractivity contribution in [2.24, 2.45) is 0 Å². The lowest BCUT2D eigenvalue weighted by molar-refractivity contribution is 0.553. The number of hydrogen-bond acceptors (Lipinski definition) is 2. The number of rotatable bonds is 6. The molecule has 1 saturated carbocycles. The highest BCUT2D eigenvalue weighted by atomic mass is 19.1. The second-order valence-corrected chi connectivity index (χ2v) is 5.68. The summed E-state index contributed by atoms with van der Waals surface area (Å²) in [6, 6.07) is 6.16. The first-order chi connectivity index (χ1) is 9.69. The molecule has 0 spiro atoms. The lowest BCUT2D eigenvalue weighted by atomic mass is 10.0. The third-order valence-electron chi connectivity index (χ3n) is 4.39. The zero-order valence-electron chi connectivity index (χ0n) is 13.0. The molecule has 1 aliphatic carbocycles. The van der Waals surface area contributed by atoms with Crippen LogP contribution in [-0.2, 0) is 0 Å². The van der Waals surface area contributed by atoms with Crippen molar-refractivity contribution in [2.75, 3.05) is 18.0 Å². The molecular weight excluding hydrogens is 251 g/mol. The van der Waals surface area contributed by atoms with Crippen LogP contribution in [0, 0.1) is 5.82 Å². The van der Waals surface area contributed by atoms with E-state index in [0.29, 0.717) is 6.04 Å². The minimum atomic E-state index is -0.0824. The first-order valence-corrected chi connectivity index (χ1v) is 7.97. The Morgan fingerprint density at radius 1 is 1.30 bits per heavy atom. The number of hydrogen-bond donors (Lipinski definition) is 1. The molecule has 0 heterocycles. The number of halogens is 1. The van der Waals surface area contributed by atoms with E-state index in [1.54, 1.807) is 6.07 Å². The van der Waals surface area contributed by atoms with Gasteiger partial charge in [-0.25, -0.2) is 4.39 Å². The SMILES string of the molecule is CCNC(C)c1cccc(F)c1N(CC)C1CCCC1. The molecule has 1 fully saturated rings. The van der Waals surface area contributed by atoms with E-state index in [-0.39, 0.29) is 11.9 Å². The minimum absolute atomic E-state index is 0.0824. The number of nitrogens with zero attached hydrogens (tertiary/aromatic N) is 1. The molecule has 1 unspecified atom stereocenters. The summed E-state index contributed by atoms with van der Waals surface area (Å²) in [5.74, 6) is -0.0824. The van der Waals surface area contributed by atoms with Gasteiger partial charge in [0.05, 0.1) is 5.69 Å². The highest BCUT2D eigenvalue weighted by Gasteiger charge is 2.26. The zero-order valence-corrected chi connectivity index (χ0v) is 13.0. The van der Waals surface area contributed by atoms with Gasteiger partial charge in [-0.3, -0.25) is 0 Å². The van der Waals surface area contributed by atoms with E-state index in [9.17, 15) is 4.39 Å². The summed E-state index contributed by atoms with van der Waals surface area (Å²) in [7, 11) is 0. The van der Waals surface area contributed by atoms with Crippen LogP contribution in [0.5, 0.6) is 0 Å². The van der Waals surface area contributed by atoms with Crippen LogP contribution < -0.4 is 10.2 Å². The van der Waals surface area contributed by atoms with Crippen molar-refractivity contribution in [2.45, 2.75) is 58.5 Å². The predicted molar refractivity (Wildman–Crippen MR) is 83.8 cm³/mol. The summed E-state index contributed by atoms with van der Waals surface area (Å²) >= 11 is 0. The predicted octanol–water partition coefficient (Wildman–Crippen LogP) is 4.27. The molecular formula is C17H27FN2. The average Bonchev–Trinajstić information content (AvgIpc) is 2.95. The van der Waals surface area contributed by atoms with E-state index < -0.39 is 0 Å². The van der Waals surface area contributed by atoms with Crippen molar-refractivity contribution in [1.29, 1.82) is 0 Å². The third kappa shape index (κ3) is 3.14. The monoisotopic (exact) mass is 278 g/mol. The normalized spacial score (nSPS) is 17.4. The van der Waals surface area contributed by atoms with Crippen molar-refractivity contribution >= 4 is 5.69 Å². The van der Waals surface area contributed by atoms with E-state index in [2.05, 4.69) is 37.1 Å². The fourth-order valence-electron chi connectivity index (χ4n) is 3.42. The molecule has 20 heavy (non-hydrogen) atoms. The molecule has 112 valence electrons. The first-order valence-electron chi connectivity index (χ1n) is 7.97. The molecule has 0 aromatic heterocycles. The Kier molecular flexibility index (Phi) is 5.41. The van der Waals surface area contributed by atoms with Crippen LogP contribution in [0.25, 0.3) is 0 Å². The van der Waals surface area contributed by atoms with Crippen LogP contribution in [0.2, 0.25) is 0 Å². The number of benzene rings is 1. The Labute approximate surface area is 122 Å². The molecule has 1 atom stereocenters. The molecule has 1 aliphatic rings. The lowest BCUT2D eigenvalue weighted by Crippen LogP contribution is -2.35. The van der Waals surface area contributed by atoms with Gasteiger partial charge in [-0.05, 0) is 44.9 Å². The van der Waals surface area contributed by atoms with E-state index in [0.717, 1.165) is 24.3 Å². The molecule has 2 rings (SSSR count). The quantitative estimate of drug-likeness (QED) is 0.836. The Bertz CT molecular complexity index is 427. The highest BCUT2D eigenvalue weighted by Crippen LogP contribution is 2.34. The van der Waals surface area contributed by atoms with E-state index in [1.807, 2.05) is 6.07 Å². The van der Waals surface area contributed by atoms with Gasteiger partial charge in [0, 0.05) is 18.6 Å². The molecule has 0 saturated heterocycles. The van der Waals surface area contributed by atoms with Crippen molar-refractivity contribution in [1.82, 2.24) is 5.32 Å². The van der Waals surface area contributed by atoms with Crippen LogP contribution in [0.4, 0.5) is 10.1 Å². The molecule has 0 amide bonds. The van der Waals surface area contributed by atoms with Crippen molar-refractivity contribution in [3.8, 4) is 0 Å². The molecule has 1 aromatic carbocycles. The van der Waals surface area contributed by atoms with Gasteiger partial charge >= 0.3 is 0 Å². The van der Waals surface area contributed by atoms with E-state index in [1.165, 1.54) is 25.7 Å². The standard InChI is InChI=1S/C17H27FN2/c1-4-19-13(3)15-11-8-12-16(18)17(15)20(5-2)14-9-6-7-10-14/h8,11-14,19H,4-7,9-10H2,1-3H3. The average molecular weight is 278 g/mol. The molecule has 1 N–H and O–H groups in total. The summed E-state index contributed by atoms with van der Waals surface area (Å²) in [6.07, 6.45) is 4.93. The van der Waals surface area contributed by atoms with Gasteiger partial charge in [0.2, 0.25) is 0 Å². The van der Waals surface area contributed by atoms with Gasteiger partial charge in [-0.2, -0.15) is 0 Å². The summed E-state index contributed by atoms with van der Waals surface area (Å²) in [4.78, 5) is 2.28. The van der Waals surface area contributed by atoms with Gasteiger partial charge in [0.15, 0.2) is 0 Å². The molecule has 1 aromatic rings. The Hall–Kier alpha value is -1.09. The first kappa shape index (κ1) is 15.3. The van der Waals surface area contributed by atoms with Crippen LogP contribution >= 0.6 is 0 Å². The molecule has 2 nitrogen and oxygen atoms in total. The van der Waals surface area contributed by atoms with Crippen LogP contribution in [0.1, 0.15) is 58.1 Å². The second kappa shape index (κ2) is 7.07. The van der Waals surface area contributed by atoms with Crippen molar-refractivity contribution < 1.29 is 4.39 Å². The van der Waals surface area contributed by atoms with Gasteiger partial charge < -0.3 is 10.2 Å². The van der Waals surface area contributed by atoms with Crippen LogP contribution in [0.3, 0.4) is 0 Å². The zero-order chi connectivity index (χ0) is 14.5. The summed E-state index contributed by atoms with van der Waals surface area (Å²) in [6.45, 7) is 8.10. The van der Waals surface area contributed by atoms with Gasteiger partial charge in [0.1, 0.15) is 5.82 Å². The maximum absolute atomic E-state index is 14.5. The maximum Gasteiger partial charge on any atom is 0.146 e. The van der Waals surface area contributed by atoms with Gasteiger partial charge in [0.25, 0.3) is 0 Å². The number of nitrogens with one attached hydrogen (secondary N) is 1. The molecule has 0 bridgehead atoms. The Morgan fingerprint density at radius 3 is 2.60 bits per heavy atom. The van der Waals surface area contributed by atoms with Crippen molar-refractivity contribution in [3.63, 3.8) is 0 Å². The lowest BCUT2D eigenvalue weighted by Gasteiger charge is -2.33. The van der Waals surface area contributed by atoms with E-state index in [4.69, 9.17) is 0 Å². The minimum Gasteiger partial charge on any atom is -0.366 e.